The van der Waals surface area contributed by atoms with Crippen LogP contribution in [-0.4, -0.2) is 5.11 Å². The lowest BCUT2D eigenvalue weighted by atomic mass is 10.1. The van der Waals surface area contributed by atoms with Crippen LogP contribution in [-0.2, 0) is 6.61 Å². The van der Waals surface area contributed by atoms with Gasteiger partial charge in [0.15, 0.2) is 0 Å². The van der Waals surface area contributed by atoms with Gasteiger partial charge in [-0.25, -0.2) is 4.39 Å². The van der Waals surface area contributed by atoms with Crippen LogP contribution in [0.4, 0.5) is 4.39 Å². The lowest BCUT2D eigenvalue weighted by Gasteiger charge is -2.11. The molecule has 0 radical (unpaired) electrons. The van der Waals surface area contributed by atoms with Crippen LogP contribution in [0.1, 0.15) is 30.6 Å². The first kappa shape index (κ1) is 14.8. The van der Waals surface area contributed by atoms with Crippen molar-refractivity contribution < 1.29 is 14.2 Å². The highest BCUT2D eigenvalue weighted by Gasteiger charge is 2.08. The molecule has 2 nitrogen and oxygen atoms in total. The molecule has 0 fully saturated rings. The Hall–Kier alpha value is -1.58. The van der Waals surface area contributed by atoms with Gasteiger partial charge in [0.25, 0.3) is 0 Å². The van der Waals surface area contributed by atoms with E-state index in [-0.39, 0.29) is 11.6 Å². The maximum absolute atomic E-state index is 13.7. The highest BCUT2D eigenvalue weighted by molar-refractivity contribution is 6.30. The van der Waals surface area contributed by atoms with Gasteiger partial charge in [0.1, 0.15) is 18.2 Å². The van der Waals surface area contributed by atoms with E-state index in [1.165, 1.54) is 6.07 Å². The number of hydrogen-bond donors (Lipinski definition) is 1. The first-order valence-corrected chi connectivity index (χ1v) is 6.83. The maximum atomic E-state index is 13.7. The first-order valence-electron chi connectivity index (χ1n) is 6.45. The average Bonchev–Trinajstić information content (AvgIpc) is 2.48. The van der Waals surface area contributed by atoms with Gasteiger partial charge in [0.05, 0.1) is 11.1 Å². The topological polar surface area (TPSA) is 29.5 Å². The zero-order valence-electron chi connectivity index (χ0n) is 11.1. The number of hydrogen-bond acceptors (Lipinski definition) is 2. The zero-order valence-corrected chi connectivity index (χ0v) is 11.9. The van der Waals surface area contributed by atoms with Crippen molar-refractivity contribution in [1.29, 1.82) is 0 Å². The standard InChI is InChI=1S/C16H16ClFO2/c1-2-15(19)11-6-8-13(9-7-11)20-10-12-4-3-5-14(17)16(12)18/h3-9,15,19H,2,10H2,1H3. The molecule has 1 N–H and O–H groups in total. The van der Waals surface area contributed by atoms with Gasteiger partial charge in [0, 0.05) is 5.56 Å². The Morgan fingerprint density at radius 1 is 1.20 bits per heavy atom. The van der Waals surface area contributed by atoms with Crippen LogP contribution >= 0.6 is 11.6 Å². The summed E-state index contributed by atoms with van der Waals surface area (Å²) in [6, 6.07) is 11.9. The number of aliphatic hydroxyl groups is 1. The molecule has 0 bridgehead atoms. The smallest absolute Gasteiger partial charge is 0.148 e. The molecule has 0 aliphatic carbocycles. The van der Waals surface area contributed by atoms with Crippen molar-refractivity contribution >= 4 is 11.6 Å². The summed E-state index contributed by atoms with van der Waals surface area (Å²) >= 11 is 5.71. The van der Waals surface area contributed by atoms with E-state index in [9.17, 15) is 9.50 Å². The Labute approximate surface area is 122 Å². The zero-order chi connectivity index (χ0) is 14.5. The van der Waals surface area contributed by atoms with Gasteiger partial charge >= 0.3 is 0 Å². The molecule has 4 heteroatoms. The molecular weight excluding hydrogens is 279 g/mol. The molecule has 0 amide bonds. The van der Waals surface area contributed by atoms with Crippen LogP contribution in [0.2, 0.25) is 5.02 Å². The van der Waals surface area contributed by atoms with Crippen molar-refractivity contribution in [3.05, 3.63) is 64.4 Å². The molecule has 0 heterocycles. The Balaban J connectivity index is 2.02. The Kier molecular flexibility index (Phi) is 4.99. The number of aliphatic hydroxyl groups excluding tert-OH is 1. The van der Waals surface area contributed by atoms with Crippen molar-refractivity contribution in [3.8, 4) is 5.75 Å². The molecule has 2 aromatic carbocycles. The maximum Gasteiger partial charge on any atom is 0.148 e. The lowest BCUT2D eigenvalue weighted by molar-refractivity contribution is 0.173. The molecular formula is C16H16ClFO2. The third kappa shape index (κ3) is 3.50. The Morgan fingerprint density at radius 3 is 2.55 bits per heavy atom. The molecule has 2 aromatic rings. The van der Waals surface area contributed by atoms with Gasteiger partial charge in [0.2, 0.25) is 0 Å². The van der Waals surface area contributed by atoms with E-state index in [0.29, 0.717) is 17.7 Å². The summed E-state index contributed by atoms with van der Waals surface area (Å²) in [5.74, 6) is 0.170. The van der Waals surface area contributed by atoms with Crippen molar-refractivity contribution in [2.24, 2.45) is 0 Å². The molecule has 0 aliphatic heterocycles. The predicted octanol–water partition coefficient (Wildman–Crippen LogP) is 4.50. The van der Waals surface area contributed by atoms with Crippen molar-refractivity contribution in [1.82, 2.24) is 0 Å². The monoisotopic (exact) mass is 294 g/mol. The fourth-order valence-electron chi connectivity index (χ4n) is 1.84. The Bertz CT molecular complexity index is 569. The SMILES string of the molecule is CCC(O)c1ccc(OCc2cccc(Cl)c2F)cc1. The number of halogens is 2. The van der Waals surface area contributed by atoms with E-state index < -0.39 is 11.9 Å². The number of benzene rings is 2. The fraction of sp³-hybridized carbons (Fsp3) is 0.250. The van der Waals surface area contributed by atoms with Gasteiger partial charge in [-0.3, -0.25) is 0 Å². The minimum absolute atomic E-state index is 0.0903. The van der Waals surface area contributed by atoms with E-state index in [2.05, 4.69) is 0 Å². The van der Waals surface area contributed by atoms with Gasteiger partial charge in [-0.1, -0.05) is 42.8 Å². The highest BCUT2D eigenvalue weighted by Crippen LogP contribution is 2.22. The van der Waals surface area contributed by atoms with Crippen LogP contribution in [0.3, 0.4) is 0 Å². The third-order valence-corrected chi connectivity index (χ3v) is 3.37. The molecule has 0 aliphatic rings. The second kappa shape index (κ2) is 6.73. The summed E-state index contributed by atoms with van der Waals surface area (Å²) in [5.41, 5.74) is 1.25. The summed E-state index contributed by atoms with van der Waals surface area (Å²) in [6.07, 6.45) is 0.197. The van der Waals surface area contributed by atoms with Gasteiger partial charge in [-0.15, -0.1) is 0 Å². The highest BCUT2D eigenvalue weighted by atomic mass is 35.5. The fourth-order valence-corrected chi connectivity index (χ4v) is 2.04. The van der Waals surface area contributed by atoms with E-state index in [0.717, 1.165) is 5.56 Å². The van der Waals surface area contributed by atoms with Crippen molar-refractivity contribution in [2.75, 3.05) is 0 Å². The van der Waals surface area contributed by atoms with Crippen LogP contribution in [0, 0.1) is 5.82 Å². The van der Waals surface area contributed by atoms with E-state index in [1.807, 2.05) is 6.92 Å². The number of ether oxygens (including phenoxy) is 1. The van der Waals surface area contributed by atoms with Crippen molar-refractivity contribution in [3.63, 3.8) is 0 Å². The predicted molar refractivity (Wildman–Crippen MR) is 77.4 cm³/mol. The average molecular weight is 295 g/mol. The van der Waals surface area contributed by atoms with E-state index >= 15 is 0 Å². The minimum Gasteiger partial charge on any atom is -0.489 e. The molecule has 0 spiro atoms. The normalized spacial score (nSPS) is 12.2. The van der Waals surface area contributed by atoms with Crippen LogP contribution in [0.5, 0.6) is 5.75 Å². The molecule has 0 aromatic heterocycles. The Morgan fingerprint density at radius 2 is 1.90 bits per heavy atom. The van der Waals surface area contributed by atoms with Crippen LogP contribution in [0.15, 0.2) is 42.5 Å². The molecule has 1 unspecified atom stereocenters. The summed E-state index contributed by atoms with van der Waals surface area (Å²) < 4.78 is 19.2. The molecule has 106 valence electrons. The molecule has 0 saturated heterocycles. The summed E-state index contributed by atoms with van der Waals surface area (Å²) in [5, 5.41) is 9.78. The van der Waals surface area contributed by atoms with E-state index in [4.69, 9.17) is 16.3 Å². The molecule has 1 atom stereocenters. The quantitative estimate of drug-likeness (QED) is 0.879. The first-order chi connectivity index (χ1) is 9.61. The van der Waals surface area contributed by atoms with Crippen LogP contribution in [0.25, 0.3) is 0 Å². The minimum atomic E-state index is -0.463. The van der Waals surface area contributed by atoms with Gasteiger partial charge < -0.3 is 9.84 Å². The largest absolute Gasteiger partial charge is 0.489 e. The summed E-state index contributed by atoms with van der Waals surface area (Å²) in [7, 11) is 0. The molecule has 2 rings (SSSR count). The van der Waals surface area contributed by atoms with Crippen LogP contribution < -0.4 is 4.74 Å². The molecule has 0 saturated carbocycles. The van der Waals surface area contributed by atoms with E-state index in [1.54, 1.807) is 36.4 Å². The second-order valence-corrected chi connectivity index (χ2v) is 4.90. The summed E-state index contributed by atoms with van der Waals surface area (Å²) in [6.45, 7) is 2.03. The third-order valence-electron chi connectivity index (χ3n) is 3.08. The van der Waals surface area contributed by atoms with Gasteiger partial charge in [-0.05, 0) is 30.2 Å². The summed E-state index contributed by atoms with van der Waals surface area (Å²) in [4.78, 5) is 0. The number of rotatable bonds is 5. The van der Waals surface area contributed by atoms with Crippen molar-refractivity contribution in [2.45, 2.75) is 26.1 Å². The lowest BCUT2D eigenvalue weighted by Crippen LogP contribution is -2.00. The second-order valence-electron chi connectivity index (χ2n) is 4.49. The van der Waals surface area contributed by atoms with Gasteiger partial charge in [-0.2, -0.15) is 0 Å². The molecule has 20 heavy (non-hydrogen) atoms.